The van der Waals surface area contributed by atoms with E-state index in [1.807, 2.05) is 54.7 Å². The first-order valence-electron chi connectivity index (χ1n) is 21.0. The predicted octanol–water partition coefficient (Wildman–Crippen LogP) is 9.18. The van der Waals surface area contributed by atoms with Crippen molar-refractivity contribution in [2.45, 2.75) is 95.5 Å². The lowest BCUT2D eigenvalue weighted by atomic mass is 9.69. The van der Waals surface area contributed by atoms with Crippen LogP contribution in [-0.4, -0.2) is 51.1 Å². The third-order valence-electron chi connectivity index (χ3n) is 12.4. The normalized spacial score (nSPS) is 20.2. The van der Waals surface area contributed by atoms with E-state index < -0.39 is 11.8 Å². The Morgan fingerprint density at radius 3 is 2.45 bits per heavy atom. The number of aliphatic hydroxyl groups excluding tert-OH is 1. The van der Waals surface area contributed by atoms with Crippen molar-refractivity contribution in [1.82, 2.24) is 9.97 Å². The molecule has 1 aliphatic heterocycles. The van der Waals surface area contributed by atoms with E-state index in [9.17, 15) is 20.1 Å². The molecule has 302 valence electrons. The minimum Gasteiger partial charge on any atom is -0.664 e. The smallest absolute Gasteiger partial charge is 0.161 e. The van der Waals surface area contributed by atoms with Crippen molar-refractivity contribution in [2.24, 2.45) is 11.8 Å². The molecule has 0 spiro atoms. The molecule has 3 aromatic carbocycles. The lowest BCUT2D eigenvalue weighted by molar-refractivity contribution is -0.135. The molecular formula is C49H53N3O6-2. The van der Waals surface area contributed by atoms with Crippen LogP contribution in [0.5, 0.6) is 17.2 Å². The van der Waals surface area contributed by atoms with Crippen LogP contribution in [0.2, 0.25) is 0 Å². The molecule has 5 aromatic rings. The van der Waals surface area contributed by atoms with Crippen LogP contribution in [0.3, 0.4) is 0 Å². The number of hydrogen-bond acceptors (Lipinski definition) is 6. The molecule has 2 aromatic heterocycles. The summed E-state index contributed by atoms with van der Waals surface area (Å²) in [5, 5.41) is 37.0. The number of aryl methyl sites for hydroxylation is 2. The van der Waals surface area contributed by atoms with Gasteiger partial charge in [-0.2, -0.15) is 6.20 Å². The number of fused-ring (bicyclic) bond motifs is 7. The average Bonchev–Trinajstić information content (AvgIpc) is 4.01. The fraction of sp³-hybridized carbons (Fsp3) is 0.388. The van der Waals surface area contributed by atoms with E-state index in [2.05, 4.69) is 23.2 Å². The SMILES string of the molecule is O=C1CCc2cc(c(O)c(OC3CCCC3)c2)Cc2cccc(c2)Cc2cc[nH]c2[N-]CC2=Cc3[n-]ccc3C(CCCCc3cccc(O)c3)C2C(=O)C1CCO. The van der Waals surface area contributed by atoms with E-state index >= 15 is 4.79 Å². The van der Waals surface area contributed by atoms with Gasteiger partial charge >= 0.3 is 0 Å². The standard InChI is InChI=1S/C49H53N3O6/c53-22-19-42-44(55)16-15-34-26-36(47(56)45(28-34)58-39-12-2-3-13-39)25-33-10-5-9-32(23-33)24-35-17-20-51-49(35)52-30-37-29-43-40(18-21-50-43)41(46(37)48(42)57)14-4-1-7-31-8-6-11-38(54)27-31/h5-6,8-11,17-18,20-21,23,26-29,39,41-42,46,51,53-54,56H,1-4,7,12-16,19,22,24-25,30H2/q-2. The number of carbonyl (C=O) groups is 2. The Morgan fingerprint density at radius 2 is 1.64 bits per heavy atom. The number of phenols is 2. The number of ether oxygens (including phenoxy) is 1. The van der Waals surface area contributed by atoms with E-state index in [1.165, 1.54) is 0 Å². The highest BCUT2D eigenvalue weighted by molar-refractivity contribution is 6.05. The molecule has 3 atom stereocenters. The van der Waals surface area contributed by atoms with Gasteiger partial charge in [-0.3, -0.25) is 9.59 Å². The van der Waals surface area contributed by atoms with Gasteiger partial charge < -0.3 is 35.3 Å². The van der Waals surface area contributed by atoms with Crippen molar-refractivity contribution in [2.75, 3.05) is 13.2 Å². The second-order valence-corrected chi connectivity index (χ2v) is 16.4. The second-order valence-electron chi connectivity index (χ2n) is 16.4. The van der Waals surface area contributed by atoms with Crippen LogP contribution < -0.4 is 9.72 Å². The molecule has 4 N–H and O–H groups in total. The van der Waals surface area contributed by atoms with Gasteiger partial charge in [-0.15, -0.1) is 5.69 Å². The highest BCUT2D eigenvalue weighted by Crippen LogP contribution is 2.45. The highest BCUT2D eigenvalue weighted by Gasteiger charge is 2.40. The molecule has 0 radical (unpaired) electrons. The highest BCUT2D eigenvalue weighted by atomic mass is 16.5. The van der Waals surface area contributed by atoms with E-state index in [0.29, 0.717) is 31.4 Å². The Hall–Kier alpha value is -5.54. The second kappa shape index (κ2) is 17.9. The van der Waals surface area contributed by atoms with Gasteiger partial charge in [-0.25, -0.2) is 0 Å². The van der Waals surface area contributed by atoms with Crippen LogP contribution in [0.15, 0.2) is 90.8 Å². The number of hydrogen-bond donors (Lipinski definition) is 4. The van der Waals surface area contributed by atoms with E-state index in [0.717, 1.165) is 101 Å². The summed E-state index contributed by atoms with van der Waals surface area (Å²) in [5.74, 6) is -0.649. The minimum absolute atomic E-state index is 0.0384. The fourth-order valence-electron chi connectivity index (χ4n) is 9.42. The number of aromatic amines is 1. The summed E-state index contributed by atoms with van der Waals surface area (Å²) in [4.78, 5) is 37.5. The number of rotatable bonds is 9. The number of unbranched alkanes of at least 4 members (excludes halogenated alkanes) is 1. The molecule has 58 heavy (non-hydrogen) atoms. The minimum atomic E-state index is -0.993. The van der Waals surface area contributed by atoms with Crippen LogP contribution in [0.1, 0.15) is 108 Å². The number of phenolic OH excluding ortho intramolecular Hbond substituents is 2. The number of aromatic nitrogens is 2. The number of benzene rings is 3. The van der Waals surface area contributed by atoms with Crippen molar-refractivity contribution in [3.05, 3.63) is 141 Å². The third-order valence-corrected chi connectivity index (χ3v) is 12.4. The molecule has 3 unspecified atom stereocenters. The molecule has 9 heteroatoms. The monoisotopic (exact) mass is 779 g/mol. The first-order chi connectivity index (χ1) is 28.3. The van der Waals surface area contributed by atoms with Crippen LogP contribution >= 0.6 is 0 Å². The van der Waals surface area contributed by atoms with Gasteiger partial charge in [0.15, 0.2) is 17.3 Å². The van der Waals surface area contributed by atoms with Crippen molar-refractivity contribution in [1.29, 1.82) is 0 Å². The van der Waals surface area contributed by atoms with Crippen LogP contribution in [0, 0.1) is 11.8 Å². The zero-order valence-corrected chi connectivity index (χ0v) is 33.0. The number of aromatic hydroxyl groups is 2. The fourth-order valence-corrected chi connectivity index (χ4v) is 9.42. The third kappa shape index (κ3) is 8.95. The number of ketones is 2. The molecule has 8 rings (SSSR count). The summed E-state index contributed by atoms with van der Waals surface area (Å²) in [6.45, 7) is -0.0337. The average molecular weight is 780 g/mol. The lowest BCUT2D eigenvalue weighted by Crippen LogP contribution is -2.37. The van der Waals surface area contributed by atoms with Gasteiger partial charge in [0.25, 0.3) is 0 Å². The van der Waals surface area contributed by atoms with Crippen molar-refractivity contribution >= 4 is 23.5 Å². The molecule has 2 aliphatic carbocycles. The maximum absolute atomic E-state index is 15.1. The molecule has 1 saturated carbocycles. The number of Topliss-reactive ketones (excluding diaryl/α,β-unsaturated/α-hetero) is 2. The molecule has 9 nitrogen and oxygen atoms in total. The molecular weight excluding hydrogens is 727 g/mol. The van der Waals surface area contributed by atoms with Gasteiger partial charge in [-0.1, -0.05) is 90.2 Å². The summed E-state index contributed by atoms with van der Waals surface area (Å²) in [7, 11) is 0. The summed E-state index contributed by atoms with van der Waals surface area (Å²) in [6.07, 6.45) is 14.6. The quantitative estimate of drug-likeness (QED) is 0.0862. The Labute approximate surface area is 340 Å². The Bertz CT molecular complexity index is 2260. The maximum Gasteiger partial charge on any atom is 0.161 e. The number of nitrogens with one attached hydrogen (secondary N) is 1. The molecule has 0 amide bonds. The summed E-state index contributed by atoms with van der Waals surface area (Å²) in [5.41, 5.74) is 8.50. The van der Waals surface area contributed by atoms with E-state index in [1.54, 1.807) is 18.3 Å². The molecule has 3 aliphatic rings. The van der Waals surface area contributed by atoms with Crippen molar-refractivity contribution in [3.63, 3.8) is 0 Å². The number of carbonyl (C=O) groups excluding carboxylic acids is 2. The topological polar surface area (TPSA) is 148 Å². The number of nitrogens with zero attached hydrogens (tertiary/aromatic N) is 2. The lowest BCUT2D eigenvalue weighted by Gasteiger charge is -2.37. The van der Waals surface area contributed by atoms with Gasteiger partial charge in [0.05, 0.1) is 12.0 Å². The summed E-state index contributed by atoms with van der Waals surface area (Å²) < 4.78 is 6.41. The summed E-state index contributed by atoms with van der Waals surface area (Å²) >= 11 is 0. The number of aliphatic hydroxyl groups is 1. The maximum atomic E-state index is 15.1. The molecule has 3 heterocycles. The van der Waals surface area contributed by atoms with E-state index in [4.69, 9.17) is 15.0 Å². The largest absolute Gasteiger partial charge is 0.664 e. The van der Waals surface area contributed by atoms with Crippen molar-refractivity contribution in [3.8, 4) is 17.2 Å². The Morgan fingerprint density at radius 1 is 0.828 bits per heavy atom. The predicted molar refractivity (Wildman–Crippen MR) is 225 cm³/mol. The van der Waals surface area contributed by atoms with Gasteiger partial charge in [0, 0.05) is 30.9 Å². The van der Waals surface area contributed by atoms with Crippen molar-refractivity contribution < 1.29 is 29.6 Å². The van der Waals surface area contributed by atoms with Gasteiger partial charge in [-0.05, 0) is 123 Å². The zero-order valence-electron chi connectivity index (χ0n) is 33.0. The zero-order chi connectivity index (χ0) is 40.0. The molecule has 1 fully saturated rings. The van der Waals surface area contributed by atoms with Crippen LogP contribution in [0.25, 0.3) is 11.4 Å². The van der Waals surface area contributed by atoms with Gasteiger partial charge in [0.2, 0.25) is 0 Å². The first kappa shape index (κ1) is 39.3. The van der Waals surface area contributed by atoms with Gasteiger partial charge in [0.1, 0.15) is 11.5 Å². The summed E-state index contributed by atoms with van der Waals surface area (Å²) in [6, 6.07) is 23.6. The molecule has 4 bridgehead atoms. The Balaban J connectivity index is 1.14. The first-order valence-corrected chi connectivity index (χ1v) is 21.0. The molecule has 0 saturated heterocycles. The van der Waals surface area contributed by atoms with Crippen LogP contribution in [-0.2, 0) is 35.3 Å². The Kier molecular flexibility index (Phi) is 12.2. The van der Waals surface area contributed by atoms with E-state index in [-0.39, 0.29) is 61.1 Å². The number of H-pyrrole nitrogens is 1. The van der Waals surface area contributed by atoms with Crippen LogP contribution in [0.4, 0.5) is 5.82 Å².